The van der Waals surface area contributed by atoms with Crippen molar-refractivity contribution in [2.45, 2.75) is 97.4 Å². The number of hydrogen-bond donors (Lipinski definition) is 14. The normalized spacial score (nSPS) is 15.9. The van der Waals surface area contributed by atoms with Crippen LogP contribution in [0.25, 0.3) is 0 Å². The zero-order chi connectivity index (χ0) is 44.5. The standard InChI is InChI=1S/C16H28N6O8S2.C12H22N4O6S2/c17-6(1-3-9(20)23)12(25)16(11(22)15(29)30,32-31-5-8(19)14(27)28)13(26)7(18)2-4-10(21)24;1-4(13)8(17)12(7(16)11(21)22,9(18)5(2)14)24-23-3-6(15)10(19)20/h6-8,11H,1-5,17-19,22H2,(H2,20,23)(H2,21,24)(H,27,28)(H,29,30);4-7H,3,13-16H2,1-2H3,(H,19,20)(H,21,22)/t6-,7-,8-,11+;4-,5-,6-,7+/m00/s1. The molecule has 0 aliphatic heterocycles. The first-order valence-electron chi connectivity index (χ1n) is 15.9. The third-order valence-corrected chi connectivity index (χ3v) is 13.5. The summed E-state index contributed by atoms with van der Waals surface area (Å²) in [6.07, 6.45) is -1.30. The molecule has 0 rings (SSSR count). The van der Waals surface area contributed by atoms with Gasteiger partial charge < -0.3 is 77.8 Å². The summed E-state index contributed by atoms with van der Waals surface area (Å²) < 4.78 is -4.83. The Bertz CT molecular complexity index is 1420. The van der Waals surface area contributed by atoms with Gasteiger partial charge >= 0.3 is 23.9 Å². The second-order valence-electron chi connectivity index (χ2n) is 12.0. The quantitative estimate of drug-likeness (QED) is 0.0257. The molecule has 8 atom stereocenters. The minimum atomic E-state index is -2.58. The number of rotatable bonds is 28. The van der Waals surface area contributed by atoms with Crippen molar-refractivity contribution in [3.8, 4) is 0 Å². The van der Waals surface area contributed by atoms with Crippen molar-refractivity contribution < 1.29 is 68.4 Å². The van der Waals surface area contributed by atoms with Crippen molar-refractivity contribution in [3.05, 3.63) is 0 Å². The van der Waals surface area contributed by atoms with Gasteiger partial charge in [-0.05, 0) is 26.7 Å². The number of primary amides is 2. The van der Waals surface area contributed by atoms with E-state index < -0.39 is 117 Å². The summed E-state index contributed by atoms with van der Waals surface area (Å²) in [5.41, 5.74) is 54.9. The van der Waals surface area contributed by atoms with Gasteiger partial charge in [-0.3, -0.25) is 47.9 Å². The van der Waals surface area contributed by atoms with Crippen LogP contribution in [0.15, 0.2) is 0 Å². The highest BCUT2D eigenvalue weighted by atomic mass is 33.1. The van der Waals surface area contributed by atoms with Crippen LogP contribution in [0.4, 0.5) is 0 Å². The van der Waals surface area contributed by atoms with Gasteiger partial charge in [-0.1, -0.05) is 43.2 Å². The summed E-state index contributed by atoms with van der Waals surface area (Å²) in [7, 11) is 2.26. The van der Waals surface area contributed by atoms with E-state index in [0.29, 0.717) is 32.4 Å². The van der Waals surface area contributed by atoms with Crippen LogP contribution in [0.5, 0.6) is 0 Å². The number of nitrogens with two attached hydrogens (primary N) is 10. The fourth-order valence-corrected chi connectivity index (χ4v) is 10.6. The smallest absolute Gasteiger partial charge is 0.322 e. The highest BCUT2D eigenvalue weighted by Gasteiger charge is 2.58. The molecule has 0 spiro atoms. The topological polar surface area (TPSA) is 512 Å². The Labute approximate surface area is 335 Å². The molecule has 24 N–H and O–H groups in total. The molecule has 0 fully saturated rings. The average Bonchev–Trinajstić information content (AvgIpc) is 3.11. The first kappa shape index (κ1) is 54.7. The molecule has 2 amide bonds. The molecule has 0 saturated carbocycles. The number of hydrogen-bond acceptors (Lipinski definition) is 22. The molecule has 0 aliphatic carbocycles. The van der Waals surface area contributed by atoms with Gasteiger partial charge in [-0.15, -0.1) is 0 Å². The largest absolute Gasteiger partial charge is 0.480 e. The van der Waals surface area contributed by atoms with E-state index in [9.17, 15) is 58.2 Å². The predicted molar refractivity (Wildman–Crippen MR) is 208 cm³/mol. The number of ketones is 4. The Morgan fingerprint density at radius 1 is 0.464 bits per heavy atom. The first-order chi connectivity index (χ1) is 25.6. The van der Waals surface area contributed by atoms with E-state index in [-0.39, 0.29) is 37.2 Å². The monoisotopic (exact) mass is 878 g/mol. The zero-order valence-corrected chi connectivity index (χ0v) is 33.4. The highest BCUT2D eigenvalue weighted by molar-refractivity contribution is 8.78. The SMILES string of the molecule is C[C@H](N)C(=O)C(SSC[C@H](N)C(=O)O)(C(=O)[C@H](C)N)[C@H](N)C(=O)O.NC(=O)CC[C@H](N)C(=O)C(SSC[C@H](N)C(=O)O)(C(=O)[C@@H](N)CCC(N)=O)[C@H](N)C(=O)O. The number of amides is 2. The van der Waals surface area contributed by atoms with Crippen molar-refractivity contribution in [2.75, 3.05) is 11.5 Å². The van der Waals surface area contributed by atoms with Gasteiger partial charge in [0.05, 0.1) is 24.2 Å². The summed E-state index contributed by atoms with van der Waals surface area (Å²) in [6.45, 7) is 2.57. The van der Waals surface area contributed by atoms with E-state index in [1.54, 1.807) is 0 Å². The molecule has 0 aromatic heterocycles. The lowest BCUT2D eigenvalue weighted by Crippen LogP contribution is -2.66. The minimum absolute atomic E-state index is 0.188. The molecule has 0 unspecified atom stereocenters. The first-order valence-corrected chi connectivity index (χ1v) is 20.5. The Balaban J connectivity index is 0. The van der Waals surface area contributed by atoms with Crippen molar-refractivity contribution in [1.29, 1.82) is 0 Å². The fraction of sp³-hybridized carbons (Fsp3) is 0.643. The van der Waals surface area contributed by atoms with Gasteiger partial charge in [0.1, 0.15) is 24.2 Å². The Morgan fingerprint density at radius 3 is 0.946 bits per heavy atom. The lowest BCUT2D eigenvalue weighted by molar-refractivity contribution is -0.145. The third kappa shape index (κ3) is 15.8. The van der Waals surface area contributed by atoms with E-state index in [2.05, 4.69) is 0 Å². The molecule has 0 aromatic rings. The van der Waals surface area contributed by atoms with Crippen molar-refractivity contribution in [2.24, 2.45) is 57.3 Å². The molecule has 320 valence electrons. The summed E-state index contributed by atoms with van der Waals surface area (Å²) >= 11 is 0. The molecule has 24 nitrogen and oxygen atoms in total. The van der Waals surface area contributed by atoms with Crippen molar-refractivity contribution in [1.82, 2.24) is 0 Å². The molecule has 28 heteroatoms. The molecule has 0 heterocycles. The minimum Gasteiger partial charge on any atom is -0.480 e. The summed E-state index contributed by atoms with van der Waals surface area (Å²) in [5.74, 6) is -12.2. The van der Waals surface area contributed by atoms with Crippen LogP contribution in [0.2, 0.25) is 0 Å². The van der Waals surface area contributed by atoms with Gasteiger partial charge in [0.2, 0.25) is 11.8 Å². The lowest BCUT2D eigenvalue weighted by atomic mass is 9.81. The second kappa shape index (κ2) is 25.0. The molecule has 56 heavy (non-hydrogen) atoms. The van der Waals surface area contributed by atoms with Crippen LogP contribution >= 0.6 is 43.2 Å². The van der Waals surface area contributed by atoms with Crippen LogP contribution in [-0.4, -0.2) is 149 Å². The van der Waals surface area contributed by atoms with E-state index in [0.717, 1.165) is 10.8 Å². The maximum atomic E-state index is 13.2. The van der Waals surface area contributed by atoms with Crippen LogP contribution in [0.1, 0.15) is 39.5 Å². The van der Waals surface area contributed by atoms with E-state index in [1.165, 1.54) is 13.8 Å². The van der Waals surface area contributed by atoms with Crippen molar-refractivity contribution in [3.63, 3.8) is 0 Å². The van der Waals surface area contributed by atoms with Crippen molar-refractivity contribution >= 4 is 102 Å². The maximum absolute atomic E-state index is 13.2. The van der Waals surface area contributed by atoms with E-state index in [4.69, 9.17) is 67.5 Å². The Kier molecular flexibility index (Phi) is 24.5. The molecule has 0 aliphatic rings. The number of carboxylic acid groups (broad SMARTS) is 4. The third-order valence-electron chi connectivity index (χ3n) is 7.29. The number of aliphatic carboxylic acids is 4. The van der Waals surface area contributed by atoms with Gasteiger partial charge in [0.15, 0.2) is 32.6 Å². The molecule has 0 radical (unpaired) electrons. The summed E-state index contributed by atoms with van der Waals surface area (Å²) in [5, 5.41) is 36.4. The second-order valence-corrected chi connectivity index (χ2v) is 17.2. The summed E-state index contributed by atoms with van der Waals surface area (Å²) in [6, 6.07) is -12.1. The molecular formula is C28H50N10O14S4. The highest BCUT2D eigenvalue weighted by Crippen LogP contribution is 2.43. The van der Waals surface area contributed by atoms with E-state index in [1.807, 2.05) is 0 Å². The average molecular weight is 879 g/mol. The molecular weight excluding hydrogens is 829 g/mol. The van der Waals surface area contributed by atoms with Gasteiger partial charge in [-0.25, -0.2) is 0 Å². The fourth-order valence-electron chi connectivity index (χ4n) is 4.10. The van der Waals surface area contributed by atoms with Crippen LogP contribution in [0, 0.1) is 0 Å². The zero-order valence-electron chi connectivity index (χ0n) is 30.1. The maximum Gasteiger partial charge on any atom is 0.322 e. The van der Waals surface area contributed by atoms with Crippen LogP contribution in [0.3, 0.4) is 0 Å². The Morgan fingerprint density at radius 2 is 0.732 bits per heavy atom. The predicted octanol–water partition coefficient (Wildman–Crippen LogP) is -5.98. The van der Waals surface area contributed by atoms with E-state index >= 15 is 0 Å². The van der Waals surface area contributed by atoms with Crippen LogP contribution < -0.4 is 57.3 Å². The molecule has 0 bridgehead atoms. The number of carbonyl (C=O) groups excluding carboxylic acids is 6. The Hall–Kier alpha value is -3.42. The molecule has 0 aromatic carbocycles. The van der Waals surface area contributed by atoms with Crippen LogP contribution in [-0.2, 0) is 47.9 Å². The van der Waals surface area contributed by atoms with Gasteiger partial charge in [-0.2, -0.15) is 0 Å². The number of carboxylic acids is 4. The molecule has 0 saturated heterocycles. The lowest BCUT2D eigenvalue weighted by Gasteiger charge is -2.36. The number of carbonyl (C=O) groups is 10. The van der Waals surface area contributed by atoms with Gasteiger partial charge in [0.25, 0.3) is 0 Å². The summed E-state index contributed by atoms with van der Waals surface area (Å²) in [4.78, 5) is 118. The van der Waals surface area contributed by atoms with Gasteiger partial charge in [0, 0.05) is 24.3 Å². The number of Topliss-reactive ketones (excluding diaryl/α,β-unsaturated/α-hetero) is 4.